The molecule has 0 aromatic heterocycles. The van der Waals surface area contributed by atoms with E-state index in [4.69, 9.17) is 4.74 Å². The number of ether oxygens (including phenoxy) is 1. The first-order chi connectivity index (χ1) is 8.84. The Morgan fingerprint density at radius 2 is 1.63 bits per heavy atom. The minimum Gasteiger partial charge on any atom is -0.466 e. The second-order valence-electron chi connectivity index (χ2n) is 5.56. The number of carbonyl (C=O) groups is 2. The molecule has 0 aliphatic carbocycles. The summed E-state index contributed by atoms with van der Waals surface area (Å²) >= 11 is 0. The molecular formula is C16H22O3. The van der Waals surface area contributed by atoms with E-state index in [9.17, 15) is 9.59 Å². The number of rotatable bonds is 5. The van der Waals surface area contributed by atoms with Crippen molar-refractivity contribution in [2.45, 2.75) is 46.0 Å². The lowest BCUT2D eigenvalue weighted by molar-refractivity contribution is -0.143. The molecule has 0 aliphatic rings. The van der Waals surface area contributed by atoms with E-state index in [0.29, 0.717) is 12.2 Å². The standard InChI is InChI=1S/C16H22O3/c1-5-19-15(18)11-10-14(17)12-6-8-13(9-7-12)16(2,3)4/h6-9H,5,10-11H2,1-4H3. The molecule has 0 spiro atoms. The second-order valence-corrected chi connectivity index (χ2v) is 5.56. The van der Waals surface area contributed by atoms with Gasteiger partial charge in [0.05, 0.1) is 13.0 Å². The summed E-state index contributed by atoms with van der Waals surface area (Å²) in [6, 6.07) is 7.59. The fourth-order valence-electron chi connectivity index (χ4n) is 1.75. The van der Waals surface area contributed by atoms with Crippen LogP contribution in [0, 0.1) is 0 Å². The Labute approximate surface area is 115 Å². The number of carbonyl (C=O) groups excluding carboxylic acids is 2. The Kier molecular flexibility index (Phi) is 5.28. The van der Waals surface area contributed by atoms with Crippen LogP contribution in [-0.2, 0) is 14.9 Å². The second kappa shape index (κ2) is 6.50. The molecule has 19 heavy (non-hydrogen) atoms. The van der Waals surface area contributed by atoms with Crippen LogP contribution in [-0.4, -0.2) is 18.4 Å². The van der Waals surface area contributed by atoms with Crippen LogP contribution >= 0.6 is 0 Å². The van der Waals surface area contributed by atoms with Crippen molar-refractivity contribution in [1.29, 1.82) is 0 Å². The maximum Gasteiger partial charge on any atom is 0.306 e. The van der Waals surface area contributed by atoms with Gasteiger partial charge in [-0.2, -0.15) is 0 Å². The molecule has 0 aliphatic heterocycles. The monoisotopic (exact) mass is 262 g/mol. The van der Waals surface area contributed by atoms with Gasteiger partial charge < -0.3 is 4.74 Å². The molecule has 1 rings (SSSR count). The SMILES string of the molecule is CCOC(=O)CCC(=O)c1ccc(C(C)(C)C)cc1. The summed E-state index contributed by atoms with van der Waals surface area (Å²) in [6.07, 6.45) is 0.349. The fourth-order valence-corrected chi connectivity index (χ4v) is 1.75. The number of Topliss-reactive ketones (excluding diaryl/α,β-unsaturated/α-hetero) is 1. The fraction of sp³-hybridized carbons (Fsp3) is 0.500. The Bertz CT molecular complexity index is 438. The predicted octanol–water partition coefficient (Wildman–Crippen LogP) is 3.51. The van der Waals surface area contributed by atoms with Crippen LogP contribution < -0.4 is 0 Å². The molecule has 0 saturated heterocycles. The Morgan fingerprint density at radius 3 is 2.11 bits per heavy atom. The molecule has 1 aromatic carbocycles. The first-order valence-electron chi connectivity index (χ1n) is 6.64. The van der Waals surface area contributed by atoms with Crippen molar-refractivity contribution >= 4 is 11.8 Å². The number of ketones is 1. The van der Waals surface area contributed by atoms with Crippen LogP contribution in [0.25, 0.3) is 0 Å². The first kappa shape index (κ1) is 15.4. The third kappa shape index (κ3) is 4.86. The van der Waals surface area contributed by atoms with Crippen molar-refractivity contribution in [2.24, 2.45) is 0 Å². The molecule has 0 saturated carbocycles. The van der Waals surface area contributed by atoms with Gasteiger partial charge in [0.1, 0.15) is 0 Å². The van der Waals surface area contributed by atoms with Crippen LogP contribution in [0.1, 0.15) is 56.5 Å². The van der Waals surface area contributed by atoms with Crippen molar-refractivity contribution < 1.29 is 14.3 Å². The van der Waals surface area contributed by atoms with E-state index in [0.717, 1.165) is 0 Å². The van der Waals surface area contributed by atoms with Gasteiger partial charge in [0.25, 0.3) is 0 Å². The number of esters is 1. The molecule has 0 N–H and O–H groups in total. The van der Waals surface area contributed by atoms with Crippen LogP contribution in [0.2, 0.25) is 0 Å². The van der Waals surface area contributed by atoms with E-state index in [2.05, 4.69) is 20.8 Å². The summed E-state index contributed by atoms with van der Waals surface area (Å²) in [5, 5.41) is 0. The lowest BCUT2D eigenvalue weighted by Crippen LogP contribution is -2.12. The summed E-state index contributed by atoms with van der Waals surface area (Å²) in [7, 11) is 0. The molecular weight excluding hydrogens is 240 g/mol. The molecule has 0 amide bonds. The average molecular weight is 262 g/mol. The Morgan fingerprint density at radius 1 is 1.05 bits per heavy atom. The highest BCUT2D eigenvalue weighted by molar-refractivity contribution is 5.97. The Hall–Kier alpha value is -1.64. The number of hydrogen-bond acceptors (Lipinski definition) is 3. The first-order valence-corrected chi connectivity index (χ1v) is 6.64. The minimum absolute atomic E-state index is 0.0199. The van der Waals surface area contributed by atoms with Gasteiger partial charge in [-0.3, -0.25) is 9.59 Å². The van der Waals surface area contributed by atoms with Gasteiger partial charge in [-0.25, -0.2) is 0 Å². The summed E-state index contributed by atoms with van der Waals surface area (Å²) in [5.41, 5.74) is 1.92. The van der Waals surface area contributed by atoms with E-state index in [1.165, 1.54) is 5.56 Å². The normalized spacial score (nSPS) is 11.2. The lowest BCUT2D eigenvalue weighted by Gasteiger charge is -2.18. The van der Waals surface area contributed by atoms with Crippen molar-refractivity contribution in [3.8, 4) is 0 Å². The zero-order valence-corrected chi connectivity index (χ0v) is 12.2. The molecule has 0 atom stereocenters. The molecule has 1 aromatic rings. The highest BCUT2D eigenvalue weighted by atomic mass is 16.5. The minimum atomic E-state index is -0.317. The quantitative estimate of drug-likeness (QED) is 0.602. The van der Waals surface area contributed by atoms with Crippen LogP contribution in [0.3, 0.4) is 0 Å². The Balaban J connectivity index is 2.61. The van der Waals surface area contributed by atoms with Gasteiger partial charge in [-0.1, -0.05) is 45.0 Å². The summed E-state index contributed by atoms with van der Waals surface area (Å²) in [4.78, 5) is 23.1. The van der Waals surface area contributed by atoms with Gasteiger partial charge in [-0.15, -0.1) is 0 Å². The molecule has 3 heteroatoms. The summed E-state index contributed by atoms with van der Waals surface area (Å²) in [5.74, 6) is -0.337. The summed E-state index contributed by atoms with van der Waals surface area (Å²) in [6.45, 7) is 8.50. The highest BCUT2D eigenvalue weighted by Gasteiger charge is 2.15. The van der Waals surface area contributed by atoms with Crippen molar-refractivity contribution in [3.63, 3.8) is 0 Å². The van der Waals surface area contributed by atoms with Gasteiger partial charge in [0, 0.05) is 12.0 Å². The van der Waals surface area contributed by atoms with E-state index in [-0.39, 0.29) is 30.0 Å². The zero-order chi connectivity index (χ0) is 14.5. The van der Waals surface area contributed by atoms with E-state index >= 15 is 0 Å². The molecule has 104 valence electrons. The predicted molar refractivity (Wildman–Crippen MR) is 75.3 cm³/mol. The van der Waals surface area contributed by atoms with Gasteiger partial charge in [-0.05, 0) is 17.9 Å². The van der Waals surface area contributed by atoms with Crippen LogP contribution in [0.15, 0.2) is 24.3 Å². The van der Waals surface area contributed by atoms with Crippen molar-refractivity contribution in [3.05, 3.63) is 35.4 Å². The molecule has 0 unspecified atom stereocenters. The van der Waals surface area contributed by atoms with Gasteiger partial charge in [0.2, 0.25) is 0 Å². The molecule has 3 nitrogen and oxygen atoms in total. The van der Waals surface area contributed by atoms with E-state index < -0.39 is 0 Å². The molecule has 0 radical (unpaired) electrons. The highest BCUT2D eigenvalue weighted by Crippen LogP contribution is 2.22. The topological polar surface area (TPSA) is 43.4 Å². The summed E-state index contributed by atoms with van der Waals surface area (Å²) < 4.78 is 4.80. The maximum atomic E-state index is 11.9. The van der Waals surface area contributed by atoms with Gasteiger partial charge >= 0.3 is 5.97 Å². The largest absolute Gasteiger partial charge is 0.466 e. The maximum absolute atomic E-state index is 11.9. The third-order valence-corrected chi connectivity index (χ3v) is 2.93. The number of hydrogen-bond donors (Lipinski definition) is 0. The zero-order valence-electron chi connectivity index (χ0n) is 12.2. The smallest absolute Gasteiger partial charge is 0.306 e. The third-order valence-electron chi connectivity index (χ3n) is 2.93. The molecule has 0 bridgehead atoms. The van der Waals surface area contributed by atoms with E-state index in [1.807, 2.05) is 24.3 Å². The molecule has 0 fully saturated rings. The van der Waals surface area contributed by atoms with Crippen molar-refractivity contribution in [2.75, 3.05) is 6.61 Å². The average Bonchev–Trinajstić information content (AvgIpc) is 2.35. The molecule has 0 heterocycles. The van der Waals surface area contributed by atoms with Gasteiger partial charge in [0.15, 0.2) is 5.78 Å². The van der Waals surface area contributed by atoms with Crippen LogP contribution in [0.4, 0.5) is 0 Å². The van der Waals surface area contributed by atoms with Crippen molar-refractivity contribution in [1.82, 2.24) is 0 Å². The number of benzene rings is 1. The lowest BCUT2D eigenvalue weighted by atomic mass is 9.86. The van der Waals surface area contributed by atoms with E-state index in [1.54, 1.807) is 6.92 Å². The van der Waals surface area contributed by atoms with Crippen LogP contribution in [0.5, 0.6) is 0 Å².